The first-order valence-corrected chi connectivity index (χ1v) is 5.94. The molecule has 0 saturated heterocycles. The summed E-state index contributed by atoms with van der Waals surface area (Å²) in [6, 6.07) is 5.43. The van der Waals surface area contributed by atoms with E-state index in [9.17, 15) is 4.79 Å². The Balaban J connectivity index is 2.53. The van der Waals surface area contributed by atoms with Crippen molar-refractivity contribution in [2.24, 2.45) is 0 Å². The molecule has 0 radical (unpaired) electrons. The van der Waals surface area contributed by atoms with Gasteiger partial charge in [0.05, 0.1) is 5.56 Å². The topological polar surface area (TPSA) is 40.5 Å². The zero-order valence-corrected chi connectivity index (χ0v) is 10.8. The van der Waals surface area contributed by atoms with Gasteiger partial charge in [0, 0.05) is 18.3 Å². The Bertz CT molecular complexity index is 465. The minimum Gasteiger partial charge on any atom is -0.478 e. The molecule has 3 nitrogen and oxygen atoms in total. The van der Waals surface area contributed by atoms with E-state index in [1.54, 1.807) is 6.07 Å². The number of hydrogen-bond acceptors (Lipinski definition) is 2. The number of carbonyl (C=O) groups is 1. The summed E-state index contributed by atoms with van der Waals surface area (Å²) < 4.78 is 0. The molecule has 0 unspecified atom stereocenters. The molecule has 0 aliphatic carbocycles. The lowest BCUT2D eigenvalue weighted by Gasteiger charge is -2.45. The van der Waals surface area contributed by atoms with Crippen LogP contribution in [0.4, 0.5) is 5.69 Å². The largest absolute Gasteiger partial charge is 0.478 e. The fraction of sp³-hybridized carbons (Fsp3) is 0.500. The van der Waals surface area contributed by atoms with Gasteiger partial charge in [-0.2, -0.15) is 0 Å². The molecule has 0 bridgehead atoms. The molecular weight excluding hydrogens is 214 g/mol. The van der Waals surface area contributed by atoms with Crippen molar-refractivity contribution in [2.75, 3.05) is 11.9 Å². The first kappa shape index (κ1) is 12.0. The van der Waals surface area contributed by atoms with Crippen LogP contribution in [0.15, 0.2) is 18.2 Å². The van der Waals surface area contributed by atoms with E-state index in [4.69, 9.17) is 5.11 Å². The monoisotopic (exact) mass is 233 g/mol. The molecule has 0 spiro atoms. The molecule has 0 aromatic heterocycles. The summed E-state index contributed by atoms with van der Waals surface area (Å²) >= 11 is 0. The van der Waals surface area contributed by atoms with E-state index in [1.807, 2.05) is 12.1 Å². The molecule has 1 N–H and O–H groups in total. The first-order chi connectivity index (χ1) is 7.83. The quantitative estimate of drug-likeness (QED) is 0.810. The molecule has 1 aromatic carbocycles. The molecule has 0 saturated carbocycles. The van der Waals surface area contributed by atoms with Crippen LogP contribution in [0, 0.1) is 0 Å². The van der Waals surface area contributed by atoms with Crippen molar-refractivity contribution >= 4 is 11.7 Å². The molecule has 1 aliphatic heterocycles. The molecule has 1 aliphatic rings. The van der Waals surface area contributed by atoms with Crippen molar-refractivity contribution in [3.05, 3.63) is 29.3 Å². The van der Waals surface area contributed by atoms with Crippen LogP contribution in [0.25, 0.3) is 0 Å². The Kier molecular flexibility index (Phi) is 2.64. The lowest BCUT2D eigenvalue weighted by molar-refractivity contribution is 0.0696. The lowest BCUT2D eigenvalue weighted by Crippen LogP contribution is -2.45. The number of aromatic carboxylic acids is 1. The number of anilines is 1. The van der Waals surface area contributed by atoms with Gasteiger partial charge in [-0.25, -0.2) is 4.79 Å². The SMILES string of the molecule is C[C@H]1CC(C)(C)N(C)c2ccc(C(=O)O)cc21. The number of nitrogens with zero attached hydrogens (tertiary/aromatic N) is 1. The maximum absolute atomic E-state index is 11.0. The molecule has 2 rings (SSSR count). The number of carboxylic acid groups (broad SMARTS) is 1. The molecule has 1 atom stereocenters. The summed E-state index contributed by atoms with van der Waals surface area (Å²) in [5.41, 5.74) is 2.80. The normalized spacial score (nSPS) is 22.1. The Morgan fingerprint density at radius 2 is 2.12 bits per heavy atom. The van der Waals surface area contributed by atoms with E-state index in [2.05, 4.69) is 32.7 Å². The van der Waals surface area contributed by atoms with Crippen LogP contribution in [0.5, 0.6) is 0 Å². The van der Waals surface area contributed by atoms with Crippen LogP contribution in [-0.2, 0) is 0 Å². The highest BCUT2D eigenvalue weighted by atomic mass is 16.4. The highest BCUT2D eigenvalue weighted by Gasteiger charge is 2.34. The van der Waals surface area contributed by atoms with Gasteiger partial charge in [-0.1, -0.05) is 6.92 Å². The molecule has 0 fully saturated rings. The Hall–Kier alpha value is -1.51. The van der Waals surface area contributed by atoms with Gasteiger partial charge in [0.15, 0.2) is 0 Å². The van der Waals surface area contributed by atoms with E-state index < -0.39 is 5.97 Å². The van der Waals surface area contributed by atoms with Gasteiger partial charge in [-0.05, 0) is 49.9 Å². The molecule has 1 heterocycles. The number of benzene rings is 1. The predicted octanol–water partition coefficient (Wildman–Crippen LogP) is 3.11. The van der Waals surface area contributed by atoms with Crippen LogP contribution >= 0.6 is 0 Å². The summed E-state index contributed by atoms with van der Waals surface area (Å²) in [5, 5.41) is 9.03. The standard InChI is InChI=1S/C14H19NO2/c1-9-8-14(2,3)15(4)12-6-5-10(13(16)17)7-11(9)12/h5-7,9H,8H2,1-4H3,(H,16,17)/t9-/m0/s1. The van der Waals surface area contributed by atoms with Gasteiger partial charge in [-0.3, -0.25) is 0 Å². The summed E-state index contributed by atoms with van der Waals surface area (Å²) in [6.45, 7) is 6.61. The fourth-order valence-corrected chi connectivity index (χ4v) is 2.71. The summed E-state index contributed by atoms with van der Waals surface area (Å²) in [4.78, 5) is 13.2. The summed E-state index contributed by atoms with van der Waals surface area (Å²) in [5.74, 6) is -0.456. The summed E-state index contributed by atoms with van der Waals surface area (Å²) in [6.07, 6.45) is 1.04. The molecule has 1 aromatic rings. The third-order valence-corrected chi connectivity index (χ3v) is 3.88. The van der Waals surface area contributed by atoms with Gasteiger partial charge in [0.2, 0.25) is 0 Å². The van der Waals surface area contributed by atoms with E-state index >= 15 is 0 Å². The number of hydrogen-bond donors (Lipinski definition) is 1. The van der Waals surface area contributed by atoms with Crippen molar-refractivity contribution in [3.63, 3.8) is 0 Å². The molecule has 3 heteroatoms. The predicted molar refractivity (Wildman–Crippen MR) is 68.9 cm³/mol. The zero-order valence-electron chi connectivity index (χ0n) is 10.8. The number of rotatable bonds is 1. The van der Waals surface area contributed by atoms with Gasteiger partial charge >= 0.3 is 5.97 Å². The zero-order chi connectivity index (χ0) is 12.8. The second-order valence-electron chi connectivity index (χ2n) is 5.56. The Labute approximate surface area is 102 Å². The highest BCUT2D eigenvalue weighted by Crippen LogP contribution is 2.42. The maximum Gasteiger partial charge on any atom is 0.335 e. The van der Waals surface area contributed by atoms with Gasteiger partial charge < -0.3 is 10.0 Å². The van der Waals surface area contributed by atoms with Crippen LogP contribution in [-0.4, -0.2) is 23.7 Å². The van der Waals surface area contributed by atoms with Crippen molar-refractivity contribution < 1.29 is 9.90 Å². The fourth-order valence-electron chi connectivity index (χ4n) is 2.71. The van der Waals surface area contributed by atoms with Crippen LogP contribution in [0.1, 0.15) is 49.0 Å². The number of fused-ring (bicyclic) bond motifs is 1. The van der Waals surface area contributed by atoms with Crippen molar-refractivity contribution in [1.29, 1.82) is 0 Å². The van der Waals surface area contributed by atoms with Crippen LogP contribution < -0.4 is 4.90 Å². The van der Waals surface area contributed by atoms with Crippen LogP contribution in [0.2, 0.25) is 0 Å². The van der Waals surface area contributed by atoms with E-state index in [-0.39, 0.29) is 5.54 Å². The first-order valence-electron chi connectivity index (χ1n) is 5.94. The molecular formula is C14H19NO2. The maximum atomic E-state index is 11.0. The minimum atomic E-state index is -0.854. The Morgan fingerprint density at radius 3 is 2.71 bits per heavy atom. The van der Waals surface area contributed by atoms with Crippen molar-refractivity contribution in [3.8, 4) is 0 Å². The average Bonchev–Trinajstić information content (AvgIpc) is 2.25. The second-order valence-corrected chi connectivity index (χ2v) is 5.56. The lowest BCUT2D eigenvalue weighted by atomic mass is 9.80. The molecule has 17 heavy (non-hydrogen) atoms. The minimum absolute atomic E-state index is 0.122. The van der Waals surface area contributed by atoms with Crippen molar-refractivity contribution in [1.82, 2.24) is 0 Å². The van der Waals surface area contributed by atoms with Crippen LogP contribution in [0.3, 0.4) is 0 Å². The smallest absolute Gasteiger partial charge is 0.335 e. The van der Waals surface area contributed by atoms with Gasteiger partial charge in [-0.15, -0.1) is 0 Å². The van der Waals surface area contributed by atoms with E-state index in [0.29, 0.717) is 11.5 Å². The van der Waals surface area contributed by atoms with E-state index in [1.165, 1.54) is 0 Å². The average molecular weight is 233 g/mol. The summed E-state index contributed by atoms with van der Waals surface area (Å²) in [7, 11) is 2.07. The molecule has 0 amide bonds. The van der Waals surface area contributed by atoms with Gasteiger partial charge in [0.1, 0.15) is 0 Å². The molecule has 92 valence electrons. The van der Waals surface area contributed by atoms with Crippen molar-refractivity contribution in [2.45, 2.75) is 38.6 Å². The second kappa shape index (κ2) is 3.76. The highest BCUT2D eigenvalue weighted by molar-refractivity contribution is 5.88. The third kappa shape index (κ3) is 1.90. The van der Waals surface area contributed by atoms with Gasteiger partial charge in [0.25, 0.3) is 0 Å². The van der Waals surface area contributed by atoms with E-state index in [0.717, 1.165) is 17.7 Å². The third-order valence-electron chi connectivity index (χ3n) is 3.88. The Morgan fingerprint density at radius 1 is 1.47 bits per heavy atom. The number of carboxylic acids is 1.